The van der Waals surface area contributed by atoms with Gasteiger partial charge in [0.1, 0.15) is 0 Å². The lowest BCUT2D eigenvalue weighted by atomic mass is 10.1. The van der Waals surface area contributed by atoms with Crippen molar-refractivity contribution in [1.29, 1.82) is 0 Å². The van der Waals surface area contributed by atoms with E-state index in [0.717, 1.165) is 6.26 Å². The molecule has 0 spiro atoms. The second-order valence-corrected chi connectivity index (χ2v) is 8.65. The molecule has 0 aliphatic carbocycles. The molecule has 2 N–H and O–H groups in total. The third kappa shape index (κ3) is 7.14. The molecule has 0 saturated carbocycles. The SMILES string of the molecule is CC(NC(=O)c1ccc(SC(F)(F)F)cc1)c1cccc(NS(C)(=O)=O)c1. The van der Waals surface area contributed by atoms with Gasteiger partial charge in [-0.2, -0.15) is 13.2 Å². The van der Waals surface area contributed by atoms with Gasteiger partial charge in [0.2, 0.25) is 10.0 Å². The molecular formula is C17H17F3N2O3S2. The molecule has 146 valence electrons. The Labute approximate surface area is 159 Å². The number of carbonyl (C=O) groups is 1. The number of hydrogen-bond donors (Lipinski definition) is 2. The van der Waals surface area contributed by atoms with Gasteiger partial charge in [0, 0.05) is 16.1 Å². The first-order chi connectivity index (χ1) is 12.4. The first-order valence-corrected chi connectivity index (χ1v) is 10.4. The minimum absolute atomic E-state index is 0.00773. The Morgan fingerprint density at radius 3 is 2.30 bits per heavy atom. The van der Waals surface area contributed by atoms with E-state index in [0.29, 0.717) is 11.3 Å². The average Bonchev–Trinajstić information content (AvgIpc) is 2.52. The molecule has 1 unspecified atom stereocenters. The number of thioether (sulfide) groups is 1. The van der Waals surface area contributed by atoms with Crippen LogP contribution in [0.5, 0.6) is 0 Å². The lowest BCUT2D eigenvalue weighted by Crippen LogP contribution is -2.26. The molecule has 2 rings (SSSR count). The molecule has 0 bridgehead atoms. The van der Waals surface area contributed by atoms with Gasteiger partial charge in [-0.15, -0.1) is 0 Å². The van der Waals surface area contributed by atoms with E-state index < -0.39 is 27.5 Å². The average molecular weight is 418 g/mol. The summed E-state index contributed by atoms with van der Waals surface area (Å²) in [6.45, 7) is 1.71. The summed E-state index contributed by atoms with van der Waals surface area (Å²) in [4.78, 5) is 12.3. The molecule has 0 aliphatic rings. The summed E-state index contributed by atoms with van der Waals surface area (Å²) in [5.74, 6) is -0.451. The normalized spacial score (nSPS) is 13.1. The molecule has 5 nitrogen and oxygen atoms in total. The third-order valence-corrected chi connectivity index (χ3v) is 4.73. The Morgan fingerprint density at radius 2 is 1.74 bits per heavy atom. The standard InChI is InChI=1S/C17H17F3N2O3S2/c1-11(13-4-3-5-14(10-13)22-27(2,24)25)21-16(23)12-6-8-15(9-7-12)26-17(18,19)20/h3-11,22H,1-2H3,(H,21,23). The van der Waals surface area contributed by atoms with Crippen molar-refractivity contribution in [3.63, 3.8) is 0 Å². The van der Waals surface area contributed by atoms with Gasteiger partial charge in [0.15, 0.2) is 0 Å². The Balaban J connectivity index is 2.06. The highest BCUT2D eigenvalue weighted by molar-refractivity contribution is 8.00. The molecule has 10 heteroatoms. The van der Waals surface area contributed by atoms with Crippen molar-refractivity contribution in [2.75, 3.05) is 11.0 Å². The van der Waals surface area contributed by atoms with Crippen molar-refractivity contribution in [3.8, 4) is 0 Å². The molecule has 0 heterocycles. The van der Waals surface area contributed by atoms with E-state index in [2.05, 4.69) is 10.0 Å². The van der Waals surface area contributed by atoms with E-state index in [1.165, 1.54) is 24.3 Å². The topological polar surface area (TPSA) is 75.3 Å². The number of alkyl halides is 3. The maximum atomic E-state index is 12.3. The number of nitrogens with one attached hydrogen (secondary N) is 2. The number of halogens is 3. The molecule has 2 aromatic rings. The predicted octanol–water partition coefficient (Wildman–Crippen LogP) is 4.16. The lowest BCUT2D eigenvalue weighted by Gasteiger charge is -2.16. The first kappa shape index (κ1) is 21.1. The minimum Gasteiger partial charge on any atom is -0.346 e. The number of anilines is 1. The van der Waals surface area contributed by atoms with Crippen LogP contribution in [0.4, 0.5) is 18.9 Å². The van der Waals surface area contributed by atoms with E-state index in [1.54, 1.807) is 31.2 Å². The number of carbonyl (C=O) groups excluding carboxylic acids is 1. The Morgan fingerprint density at radius 1 is 1.11 bits per heavy atom. The molecule has 0 fully saturated rings. The van der Waals surface area contributed by atoms with Gasteiger partial charge in [-0.05, 0) is 60.6 Å². The summed E-state index contributed by atoms with van der Waals surface area (Å²) >= 11 is -0.250. The third-order valence-electron chi connectivity index (χ3n) is 3.39. The van der Waals surface area contributed by atoms with Gasteiger partial charge in [-0.1, -0.05) is 12.1 Å². The maximum Gasteiger partial charge on any atom is 0.446 e. The van der Waals surface area contributed by atoms with Crippen molar-refractivity contribution >= 4 is 33.4 Å². The first-order valence-electron chi connectivity index (χ1n) is 7.67. The summed E-state index contributed by atoms with van der Waals surface area (Å²) < 4.78 is 62.0. The van der Waals surface area contributed by atoms with Crippen molar-refractivity contribution in [1.82, 2.24) is 5.32 Å². The molecule has 0 aliphatic heterocycles. The van der Waals surface area contributed by atoms with Gasteiger partial charge < -0.3 is 5.32 Å². The zero-order valence-corrected chi connectivity index (χ0v) is 16.0. The summed E-state index contributed by atoms with van der Waals surface area (Å²) in [6, 6.07) is 11.2. The molecule has 0 radical (unpaired) electrons. The van der Waals surface area contributed by atoms with E-state index >= 15 is 0 Å². The smallest absolute Gasteiger partial charge is 0.346 e. The number of amides is 1. The van der Waals surface area contributed by atoms with Crippen molar-refractivity contribution in [3.05, 3.63) is 59.7 Å². The van der Waals surface area contributed by atoms with Crippen LogP contribution in [0.2, 0.25) is 0 Å². The number of sulfonamides is 1. The summed E-state index contributed by atoms with van der Waals surface area (Å²) in [7, 11) is -3.42. The number of benzene rings is 2. The highest BCUT2D eigenvalue weighted by atomic mass is 32.2. The van der Waals surface area contributed by atoms with E-state index in [9.17, 15) is 26.4 Å². The maximum absolute atomic E-state index is 12.3. The highest BCUT2D eigenvalue weighted by Crippen LogP contribution is 2.36. The molecule has 1 amide bonds. The van der Waals surface area contributed by atoms with Crippen LogP contribution in [0.1, 0.15) is 28.9 Å². The monoisotopic (exact) mass is 418 g/mol. The van der Waals surface area contributed by atoms with Gasteiger partial charge in [-0.3, -0.25) is 9.52 Å². The Bertz CT molecular complexity index is 914. The van der Waals surface area contributed by atoms with Gasteiger partial charge in [0.25, 0.3) is 5.91 Å². The fourth-order valence-electron chi connectivity index (χ4n) is 2.26. The second kappa shape index (κ2) is 8.22. The minimum atomic E-state index is -4.39. The molecule has 0 aromatic heterocycles. The van der Waals surface area contributed by atoms with Crippen LogP contribution in [0, 0.1) is 0 Å². The molecule has 1 atom stereocenters. The highest BCUT2D eigenvalue weighted by Gasteiger charge is 2.29. The summed E-state index contributed by atoms with van der Waals surface area (Å²) in [5, 5.41) is 2.73. The van der Waals surface area contributed by atoms with E-state index in [-0.39, 0.29) is 22.2 Å². The molecule has 27 heavy (non-hydrogen) atoms. The van der Waals surface area contributed by atoms with Crippen LogP contribution in [0.15, 0.2) is 53.4 Å². The van der Waals surface area contributed by atoms with Crippen LogP contribution in [-0.2, 0) is 10.0 Å². The van der Waals surface area contributed by atoms with Crippen LogP contribution in [0.25, 0.3) is 0 Å². The zero-order chi connectivity index (χ0) is 20.2. The van der Waals surface area contributed by atoms with Crippen LogP contribution in [-0.4, -0.2) is 26.1 Å². The van der Waals surface area contributed by atoms with Crippen molar-refractivity contribution < 1.29 is 26.4 Å². The van der Waals surface area contributed by atoms with Crippen LogP contribution >= 0.6 is 11.8 Å². The Kier molecular flexibility index (Phi) is 6.42. The van der Waals surface area contributed by atoms with E-state index in [1.807, 2.05) is 0 Å². The van der Waals surface area contributed by atoms with Crippen LogP contribution < -0.4 is 10.0 Å². The van der Waals surface area contributed by atoms with Crippen LogP contribution in [0.3, 0.4) is 0 Å². The zero-order valence-electron chi connectivity index (χ0n) is 14.4. The summed E-state index contributed by atoms with van der Waals surface area (Å²) in [5.41, 5.74) is -3.13. The van der Waals surface area contributed by atoms with Gasteiger partial charge in [-0.25, -0.2) is 8.42 Å². The van der Waals surface area contributed by atoms with Gasteiger partial charge >= 0.3 is 5.51 Å². The fourth-order valence-corrected chi connectivity index (χ4v) is 3.35. The van der Waals surface area contributed by atoms with E-state index in [4.69, 9.17) is 0 Å². The van der Waals surface area contributed by atoms with Gasteiger partial charge in [0.05, 0.1) is 12.3 Å². The second-order valence-electron chi connectivity index (χ2n) is 5.77. The quantitative estimate of drug-likeness (QED) is 0.691. The lowest BCUT2D eigenvalue weighted by molar-refractivity contribution is -0.0328. The fraction of sp³-hybridized carbons (Fsp3) is 0.235. The van der Waals surface area contributed by atoms with Crippen molar-refractivity contribution in [2.24, 2.45) is 0 Å². The predicted molar refractivity (Wildman–Crippen MR) is 99.1 cm³/mol. The number of hydrogen-bond acceptors (Lipinski definition) is 4. The number of rotatable bonds is 6. The largest absolute Gasteiger partial charge is 0.446 e. The molecule has 2 aromatic carbocycles. The van der Waals surface area contributed by atoms with Crippen molar-refractivity contribution in [2.45, 2.75) is 23.4 Å². The summed E-state index contributed by atoms with van der Waals surface area (Å²) in [6.07, 6.45) is 1.03. The molecular weight excluding hydrogens is 401 g/mol. The Hall–Kier alpha value is -2.20. The molecule has 0 saturated heterocycles.